The Kier molecular flexibility index (Phi) is 5.85. The Bertz CT molecular complexity index is 713. The van der Waals surface area contributed by atoms with Crippen molar-refractivity contribution in [3.63, 3.8) is 0 Å². The van der Waals surface area contributed by atoms with Gasteiger partial charge in [-0.15, -0.1) is 0 Å². The van der Waals surface area contributed by atoms with E-state index in [2.05, 4.69) is 10.6 Å². The number of urea groups is 1. The van der Waals surface area contributed by atoms with Gasteiger partial charge in [0.1, 0.15) is 5.75 Å². The van der Waals surface area contributed by atoms with Crippen LogP contribution in [0.3, 0.4) is 0 Å². The average Bonchev–Trinajstić information content (AvgIpc) is 2.54. The van der Waals surface area contributed by atoms with Gasteiger partial charge in [0.05, 0.1) is 19.2 Å². The quantitative estimate of drug-likeness (QED) is 0.854. The van der Waals surface area contributed by atoms with Crippen LogP contribution in [0.1, 0.15) is 48.2 Å². The summed E-state index contributed by atoms with van der Waals surface area (Å²) in [5, 5.41) is 5.99. The number of methoxy groups -OCH3 is 1. The van der Waals surface area contributed by atoms with E-state index >= 15 is 0 Å². The van der Waals surface area contributed by atoms with Gasteiger partial charge in [-0.25, -0.2) is 4.79 Å². The van der Waals surface area contributed by atoms with E-state index in [-0.39, 0.29) is 18.1 Å². The lowest BCUT2D eigenvalue weighted by atomic mass is 10.0. The number of carbonyl (C=O) groups is 1. The van der Waals surface area contributed by atoms with Crippen LogP contribution in [0.4, 0.5) is 4.79 Å². The second kappa shape index (κ2) is 7.86. The minimum atomic E-state index is -0.193. The van der Waals surface area contributed by atoms with Crippen LogP contribution < -0.4 is 15.4 Å². The van der Waals surface area contributed by atoms with Crippen molar-refractivity contribution in [2.24, 2.45) is 0 Å². The Morgan fingerprint density at radius 3 is 2.21 bits per heavy atom. The summed E-state index contributed by atoms with van der Waals surface area (Å²) < 4.78 is 5.40. The lowest BCUT2D eigenvalue weighted by molar-refractivity contribution is 0.234. The van der Waals surface area contributed by atoms with Crippen LogP contribution in [0.2, 0.25) is 0 Å². The average molecular weight is 326 g/mol. The van der Waals surface area contributed by atoms with Gasteiger partial charge in [-0.05, 0) is 44.9 Å². The van der Waals surface area contributed by atoms with E-state index in [0.717, 1.165) is 22.4 Å². The molecule has 2 atom stereocenters. The van der Waals surface area contributed by atoms with Crippen LogP contribution >= 0.6 is 0 Å². The molecule has 2 unspecified atom stereocenters. The van der Waals surface area contributed by atoms with Gasteiger partial charge in [0.15, 0.2) is 0 Å². The van der Waals surface area contributed by atoms with Crippen molar-refractivity contribution in [3.05, 3.63) is 64.7 Å². The summed E-state index contributed by atoms with van der Waals surface area (Å²) in [6.45, 7) is 8.01. The summed E-state index contributed by atoms with van der Waals surface area (Å²) in [6.07, 6.45) is 0. The molecule has 0 radical (unpaired) electrons. The number of aryl methyl sites for hydroxylation is 2. The molecule has 24 heavy (non-hydrogen) atoms. The summed E-state index contributed by atoms with van der Waals surface area (Å²) in [4.78, 5) is 12.3. The third-order valence-corrected chi connectivity index (χ3v) is 4.20. The molecule has 0 fully saturated rings. The van der Waals surface area contributed by atoms with Crippen molar-refractivity contribution in [2.45, 2.75) is 39.8 Å². The maximum atomic E-state index is 12.3. The van der Waals surface area contributed by atoms with Crippen LogP contribution in [0.15, 0.2) is 42.5 Å². The fourth-order valence-electron chi connectivity index (χ4n) is 2.86. The number of amides is 2. The zero-order chi connectivity index (χ0) is 17.7. The van der Waals surface area contributed by atoms with Crippen LogP contribution in [0.25, 0.3) is 0 Å². The van der Waals surface area contributed by atoms with Gasteiger partial charge < -0.3 is 15.4 Å². The van der Waals surface area contributed by atoms with Crippen molar-refractivity contribution in [1.82, 2.24) is 10.6 Å². The van der Waals surface area contributed by atoms with Crippen LogP contribution in [-0.4, -0.2) is 13.1 Å². The van der Waals surface area contributed by atoms with Gasteiger partial charge in [0, 0.05) is 5.56 Å². The van der Waals surface area contributed by atoms with Crippen LogP contribution in [0, 0.1) is 13.8 Å². The van der Waals surface area contributed by atoms with E-state index in [1.807, 2.05) is 70.2 Å². The van der Waals surface area contributed by atoms with Gasteiger partial charge in [-0.1, -0.05) is 42.0 Å². The molecule has 0 spiro atoms. The molecule has 128 valence electrons. The SMILES string of the molecule is COc1ccc(C)cc1C(C)NC(=O)NC(C)c1ccccc1C. The molecule has 2 N–H and O–H groups in total. The maximum Gasteiger partial charge on any atom is 0.315 e. The molecular weight excluding hydrogens is 300 g/mol. The Hall–Kier alpha value is -2.49. The Morgan fingerprint density at radius 1 is 0.958 bits per heavy atom. The molecule has 2 aromatic rings. The second-order valence-electron chi connectivity index (χ2n) is 6.16. The number of hydrogen-bond donors (Lipinski definition) is 2. The smallest absolute Gasteiger partial charge is 0.315 e. The van der Waals surface area contributed by atoms with Crippen molar-refractivity contribution in [3.8, 4) is 5.75 Å². The fourth-order valence-corrected chi connectivity index (χ4v) is 2.86. The molecule has 4 heteroatoms. The maximum absolute atomic E-state index is 12.3. The number of hydrogen-bond acceptors (Lipinski definition) is 2. The highest BCUT2D eigenvalue weighted by atomic mass is 16.5. The van der Waals surface area contributed by atoms with E-state index in [1.165, 1.54) is 5.56 Å². The third kappa shape index (κ3) is 4.28. The molecule has 0 aliphatic heterocycles. The second-order valence-corrected chi connectivity index (χ2v) is 6.16. The monoisotopic (exact) mass is 326 g/mol. The Morgan fingerprint density at radius 2 is 1.58 bits per heavy atom. The molecule has 2 amide bonds. The number of carbonyl (C=O) groups excluding carboxylic acids is 1. The van der Waals surface area contributed by atoms with Crippen LogP contribution in [-0.2, 0) is 0 Å². The summed E-state index contributed by atoms with van der Waals surface area (Å²) in [6, 6.07) is 13.6. The molecule has 2 aromatic carbocycles. The minimum Gasteiger partial charge on any atom is -0.496 e. The van der Waals surface area contributed by atoms with E-state index in [1.54, 1.807) is 7.11 Å². The van der Waals surface area contributed by atoms with Gasteiger partial charge >= 0.3 is 6.03 Å². The topological polar surface area (TPSA) is 50.4 Å². The molecule has 0 bridgehead atoms. The summed E-state index contributed by atoms with van der Waals surface area (Å²) in [7, 11) is 1.64. The highest BCUT2D eigenvalue weighted by Crippen LogP contribution is 2.26. The highest BCUT2D eigenvalue weighted by molar-refractivity contribution is 5.75. The molecule has 0 aromatic heterocycles. The van der Waals surface area contributed by atoms with E-state index in [0.29, 0.717) is 0 Å². The minimum absolute atomic E-state index is 0.0576. The van der Waals surface area contributed by atoms with Crippen LogP contribution in [0.5, 0.6) is 5.75 Å². The van der Waals surface area contributed by atoms with E-state index in [9.17, 15) is 4.79 Å². The van der Waals surface area contributed by atoms with Gasteiger partial charge in [0.2, 0.25) is 0 Å². The first-order chi connectivity index (χ1) is 11.4. The molecule has 0 aliphatic carbocycles. The van der Waals surface area contributed by atoms with Gasteiger partial charge in [-0.2, -0.15) is 0 Å². The van der Waals surface area contributed by atoms with E-state index < -0.39 is 0 Å². The lowest BCUT2D eigenvalue weighted by Gasteiger charge is -2.21. The first kappa shape index (κ1) is 17.9. The third-order valence-electron chi connectivity index (χ3n) is 4.20. The van der Waals surface area contributed by atoms with Gasteiger partial charge in [-0.3, -0.25) is 0 Å². The van der Waals surface area contributed by atoms with E-state index in [4.69, 9.17) is 4.74 Å². The molecule has 0 saturated heterocycles. The fraction of sp³-hybridized carbons (Fsp3) is 0.350. The van der Waals surface area contributed by atoms with Crippen molar-refractivity contribution < 1.29 is 9.53 Å². The van der Waals surface area contributed by atoms with Gasteiger partial charge in [0.25, 0.3) is 0 Å². The van der Waals surface area contributed by atoms with Crippen molar-refractivity contribution >= 4 is 6.03 Å². The number of benzene rings is 2. The molecule has 0 aliphatic rings. The molecular formula is C20H26N2O2. The lowest BCUT2D eigenvalue weighted by Crippen LogP contribution is -2.38. The summed E-state index contributed by atoms with van der Waals surface area (Å²) in [5.41, 5.74) is 4.39. The van der Waals surface area contributed by atoms with Crippen molar-refractivity contribution in [1.29, 1.82) is 0 Å². The first-order valence-corrected chi connectivity index (χ1v) is 8.19. The number of ether oxygens (including phenoxy) is 1. The standard InChI is InChI=1S/C20H26N2O2/c1-13-10-11-19(24-5)18(12-13)16(4)22-20(23)21-15(3)17-9-7-6-8-14(17)2/h6-12,15-16H,1-5H3,(H2,21,22,23). The molecule has 0 heterocycles. The first-order valence-electron chi connectivity index (χ1n) is 8.19. The Labute approximate surface area is 144 Å². The van der Waals surface area contributed by atoms with Crippen molar-refractivity contribution in [2.75, 3.05) is 7.11 Å². The zero-order valence-electron chi connectivity index (χ0n) is 15.0. The normalized spacial score (nSPS) is 13.0. The molecule has 2 rings (SSSR count). The summed E-state index contributed by atoms with van der Waals surface area (Å²) in [5.74, 6) is 0.778. The largest absolute Gasteiger partial charge is 0.496 e. The zero-order valence-corrected chi connectivity index (χ0v) is 15.0. The molecule has 0 saturated carbocycles. The Balaban J connectivity index is 2.04. The summed E-state index contributed by atoms with van der Waals surface area (Å²) >= 11 is 0. The predicted molar refractivity (Wildman–Crippen MR) is 97.4 cm³/mol. The molecule has 4 nitrogen and oxygen atoms in total. The highest BCUT2D eigenvalue weighted by Gasteiger charge is 2.16. The predicted octanol–water partition coefficient (Wildman–Crippen LogP) is 4.43. The number of rotatable bonds is 5. The number of nitrogens with one attached hydrogen (secondary N) is 2.